The Kier molecular flexibility index (Phi) is 4.52. The maximum Gasteiger partial charge on any atom is 0.292 e. The van der Waals surface area contributed by atoms with Gasteiger partial charge in [-0.05, 0) is 42.7 Å². The summed E-state index contributed by atoms with van der Waals surface area (Å²) in [4.78, 5) is 10.7. The van der Waals surface area contributed by atoms with Crippen LogP contribution in [0.25, 0.3) is 0 Å². The van der Waals surface area contributed by atoms with E-state index in [1.165, 1.54) is 18.2 Å². The average molecular weight is 288 g/mol. The number of halogens is 1. The molecule has 2 aromatic carbocycles. The van der Waals surface area contributed by atoms with Crippen LogP contribution in [0.3, 0.4) is 0 Å². The van der Waals surface area contributed by atoms with Gasteiger partial charge < -0.3 is 5.32 Å². The van der Waals surface area contributed by atoms with Gasteiger partial charge in [0.1, 0.15) is 11.5 Å². The molecule has 0 radical (unpaired) electrons. The molecule has 2 aromatic rings. The summed E-state index contributed by atoms with van der Waals surface area (Å²) in [5, 5.41) is 14.3. The lowest BCUT2D eigenvalue weighted by Crippen LogP contribution is -2.11. The third-order valence-electron chi connectivity index (χ3n) is 3.34. The molecule has 1 unspecified atom stereocenters. The van der Waals surface area contributed by atoms with E-state index in [-0.39, 0.29) is 17.5 Å². The Morgan fingerprint density at radius 1 is 1.29 bits per heavy atom. The molecule has 0 aromatic heterocycles. The Hall–Kier alpha value is -2.43. The number of benzene rings is 2. The molecule has 0 amide bonds. The molecular formula is C16H17FN2O2. The molecule has 0 fully saturated rings. The second kappa shape index (κ2) is 6.35. The molecular weight excluding hydrogens is 271 g/mol. The van der Waals surface area contributed by atoms with Gasteiger partial charge in [-0.3, -0.25) is 10.1 Å². The molecule has 0 aliphatic rings. The van der Waals surface area contributed by atoms with E-state index in [0.29, 0.717) is 12.1 Å². The van der Waals surface area contributed by atoms with Crippen LogP contribution in [0.15, 0.2) is 42.5 Å². The van der Waals surface area contributed by atoms with Gasteiger partial charge in [0.25, 0.3) is 5.69 Å². The zero-order chi connectivity index (χ0) is 15.4. The van der Waals surface area contributed by atoms with Gasteiger partial charge in [-0.2, -0.15) is 0 Å². The average Bonchev–Trinajstić information content (AvgIpc) is 2.45. The van der Waals surface area contributed by atoms with Crippen LogP contribution in [0.2, 0.25) is 0 Å². The summed E-state index contributed by atoms with van der Waals surface area (Å²) in [6.45, 7) is 3.75. The minimum absolute atomic E-state index is 0.0323. The minimum Gasteiger partial charge on any atom is -0.373 e. The molecule has 5 heteroatoms. The molecule has 0 aliphatic carbocycles. The van der Waals surface area contributed by atoms with Crippen LogP contribution in [0.5, 0.6) is 0 Å². The highest BCUT2D eigenvalue weighted by molar-refractivity contribution is 5.63. The van der Waals surface area contributed by atoms with Gasteiger partial charge in [-0.15, -0.1) is 0 Å². The predicted octanol–water partition coefficient (Wildman–Crippen LogP) is 4.61. The number of rotatable bonds is 5. The summed E-state index contributed by atoms with van der Waals surface area (Å²) in [6.07, 6.45) is 0.689. The molecule has 0 saturated carbocycles. The van der Waals surface area contributed by atoms with Crippen LogP contribution in [0.4, 0.5) is 15.8 Å². The number of nitrogens with one attached hydrogen (secondary N) is 1. The number of anilines is 1. The standard InChI is InChI=1S/C16H17FN2O2/c1-3-14(12-5-4-6-13(17)10-12)18-15-8-7-11(2)9-16(15)19(20)21/h4-10,14,18H,3H2,1-2H3. The molecule has 1 atom stereocenters. The van der Waals surface area contributed by atoms with E-state index in [1.54, 1.807) is 19.1 Å². The second-order valence-electron chi connectivity index (χ2n) is 4.94. The summed E-state index contributed by atoms with van der Waals surface area (Å²) in [7, 11) is 0. The van der Waals surface area contributed by atoms with E-state index in [4.69, 9.17) is 0 Å². The molecule has 1 N–H and O–H groups in total. The number of nitrogens with zero attached hydrogens (tertiary/aromatic N) is 1. The molecule has 0 bridgehead atoms. The van der Waals surface area contributed by atoms with Crippen LogP contribution in [-0.2, 0) is 0 Å². The smallest absolute Gasteiger partial charge is 0.292 e. The van der Waals surface area contributed by atoms with Crippen LogP contribution < -0.4 is 5.32 Å². The Balaban J connectivity index is 2.33. The third-order valence-corrected chi connectivity index (χ3v) is 3.34. The number of nitro benzene ring substituents is 1. The maximum atomic E-state index is 13.3. The lowest BCUT2D eigenvalue weighted by molar-refractivity contribution is -0.384. The zero-order valence-corrected chi connectivity index (χ0v) is 12.0. The van der Waals surface area contributed by atoms with Crippen LogP contribution in [-0.4, -0.2) is 4.92 Å². The molecule has 2 rings (SSSR count). The first-order chi connectivity index (χ1) is 10.0. The summed E-state index contributed by atoms with van der Waals surface area (Å²) >= 11 is 0. The summed E-state index contributed by atoms with van der Waals surface area (Å²) in [6, 6.07) is 11.1. The maximum absolute atomic E-state index is 13.3. The fourth-order valence-electron chi connectivity index (χ4n) is 2.25. The van der Waals surface area contributed by atoms with Crippen molar-refractivity contribution in [1.82, 2.24) is 0 Å². The van der Waals surface area contributed by atoms with E-state index >= 15 is 0 Å². The van der Waals surface area contributed by atoms with E-state index < -0.39 is 4.92 Å². The monoisotopic (exact) mass is 288 g/mol. The normalized spacial score (nSPS) is 12.0. The van der Waals surface area contributed by atoms with Gasteiger partial charge >= 0.3 is 0 Å². The summed E-state index contributed by atoms with van der Waals surface area (Å²) in [5.41, 5.74) is 2.07. The number of hydrogen-bond donors (Lipinski definition) is 1. The van der Waals surface area contributed by atoms with Crippen LogP contribution >= 0.6 is 0 Å². The number of aryl methyl sites for hydroxylation is 1. The van der Waals surface area contributed by atoms with Crippen molar-refractivity contribution in [3.63, 3.8) is 0 Å². The fraction of sp³-hybridized carbons (Fsp3) is 0.250. The van der Waals surface area contributed by atoms with Gasteiger partial charge in [0.15, 0.2) is 0 Å². The molecule has 4 nitrogen and oxygen atoms in total. The first kappa shape index (κ1) is 15.0. The number of nitro groups is 1. The number of hydrogen-bond acceptors (Lipinski definition) is 3. The zero-order valence-electron chi connectivity index (χ0n) is 12.0. The van der Waals surface area contributed by atoms with Crippen molar-refractivity contribution in [2.75, 3.05) is 5.32 Å². The van der Waals surface area contributed by atoms with Crippen molar-refractivity contribution in [3.8, 4) is 0 Å². The van der Waals surface area contributed by atoms with Crippen molar-refractivity contribution < 1.29 is 9.31 Å². The molecule has 21 heavy (non-hydrogen) atoms. The lowest BCUT2D eigenvalue weighted by atomic mass is 10.0. The Morgan fingerprint density at radius 3 is 2.67 bits per heavy atom. The highest BCUT2D eigenvalue weighted by Crippen LogP contribution is 2.30. The van der Waals surface area contributed by atoms with Crippen molar-refractivity contribution >= 4 is 11.4 Å². The van der Waals surface area contributed by atoms with Gasteiger partial charge in [0.2, 0.25) is 0 Å². The molecule has 0 aliphatic heterocycles. The fourth-order valence-corrected chi connectivity index (χ4v) is 2.25. The molecule has 0 spiro atoms. The van der Waals surface area contributed by atoms with E-state index in [0.717, 1.165) is 11.1 Å². The SMILES string of the molecule is CCC(Nc1ccc(C)cc1[N+](=O)[O-])c1cccc(F)c1. The van der Waals surface area contributed by atoms with Gasteiger partial charge in [-0.25, -0.2) is 4.39 Å². The molecule has 110 valence electrons. The molecule has 0 saturated heterocycles. The Bertz CT molecular complexity index is 658. The van der Waals surface area contributed by atoms with Gasteiger partial charge in [0.05, 0.1) is 11.0 Å². The van der Waals surface area contributed by atoms with E-state index in [1.807, 2.05) is 19.1 Å². The largest absolute Gasteiger partial charge is 0.373 e. The van der Waals surface area contributed by atoms with Crippen LogP contribution in [0.1, 0.15) is 30.5 Å². The Labute approximate surface area is 122 Å². The summed E-state index contributed by atoms with van der Waals surface area (Å²) < 4.78 is 13.3. The van der Waals surface area contributed by atoms with E-state index in [9.17, 15) is 14.5 Å². The third kappa shape index (κ3) is 3.56. The van der Waals surface area contributed by atoms with Crippen molar-refractivity contribution in [2.24, 2.45) is 0 Å². The lowest BCUT2D eigenvalue weighted by Gasteiger charge is -2.19. The van der Waals surface area contributed by atoms with Crippen molar-refractivity contribution in [2.45, 2.75) is 26.3 Å². The van der Waals surface area contributed by atoms with Crippen molar-refractivity contribution in [3.05, 3.63) is 69.5 Å². The first-order valence-corrected chi connectivity index (χ1v) is 6.78. The highest BCUT2D eigenvalue weighted by atomic mass is 19.1. The molecule has 0 heterocycles. The van der Waals surface area contributed by atoms with Crippen LogP contribution in [0, 0.1) is 22.9 Å². The topological polar surface area (TPSA) is 55.2 Å². The highest BCUT2D eigenvalue weighted by Gasteiger charge is 2.17. The second-order valence-corrected chi connectivity index (χ2v) is 4.94. The predicted molar refractivity (Wildman–Crippen MR) is 80.9 cm³/mol. The Morgan fingerprint density at radius 2 is 2.05 bits per heavy atom. The van der Waals surface area contributed by atoms with Gasteiger partial charge in [0, 0.05) is 6.07 Å². The van der Waals surface area contributed by atoms with Crippen molar-refractivity contribution in [1.29, 1.82) is 0 Å². The quantitative estimate of drug-likeness (QED) is 0.646. The first-order valence-electron chi connectivity index (χ1n) is 6.78. The van der Waals surface area contributed by atoms with Gasteiger partial charge in [-0.1, -0.05) is 25.1 Å². The summed E-state index contributed by atoms with van der Waals surface area (Å²) in [5.74, 6) is -0.314. The minimum atomic E-state index is -0.409. The van der Waals surface area contributed by atoms with E-state index in [2.05, 4.69) is 5.32 Å².